The summed E-state index contributed by atoms with van der Waals surface area (Å²) in [6, 6.07) is 10.5. The molecule has 2 N–H and O–H groups in total. The van der Waals surface area contributed by atoms with Crippen LogP contribution in [0.1, 0.15) is 41.5 Å². The summed E-state index contributed by atoms with van der Waals surface area (Å²) >= 11 is 16.8. The minimum Gasteiger partial charge on any atom is -0.345 e. The molecule has 184 valence electrons. The van der Waals surface area contributed by atoms with Crippen LogP contribution in [0.4, 0.5) is 5.69 Å². The highest BCUT2D eigenvalue weighted by Crippen LogP contribution is 2.28. The number of amides is 2. The van der Waals surface area contributed by atoms with E-state index in [1.807, 2.05) is 18.2 Å². The molecule has 0 bridgehead atoms. The normalized spacial score (nSPS) is 10.9. The molecule has 0 radical (unpaired) electrons. The number of hydrogen-bond acceptors (Lipinski definition) is 5. The molecule has 0 saturated carbocycles. The largest absolute Gasteiger partial charge is 0.345 e. The Kier molecular flexibility index (Phi) is 9.80. The molecule has 3 rings (SSSR count). The van der Waals surface area contributed by atoms with Gasteiger partial charge in [-0.05, 0) is 47.9 Å². The maximum atomic E-state index is 12.6. The standard InChI is InChI=1S/C24H24BrCl2N5O2S/c1-4-9-32-21(12-28-23(34)17-7-6-16(26)11-19(17)27)30-31-24(32)35-13-22(33)29-20-8-5-15(25)10-18(20)14(2)3/h4-8,10-11,14H,1,9,12-13H2,2-3H3,(H,28,34)(H,29,33). The van der Waals surface area contributed by atoms with Gasteiger partial charge in [0.15, 0.2) is 11.0 Å². The lowest BCUT2D eigenvalue weighted by molar-refractivity contribution is -0.113. The molecule has 0 atom stereocenters. The average Bonchev–Trinajstić information content (AvgIpc) is 3.19. The van der Waals surface area contributed by atoms with E-state index in [1.165, 1.54) is 17.8 Å². The van der Waals surface area contributed by atoms with Crippen LogP contribution in [0.5, 0.6) is 0 Å². The molecule has 0 aliphatic heterocycles. The zero-order valence-corrected chi connectivity index (χ0v) is 23.1. The van der Waals surface area contributed by atoms with Crippen LogP contribution in [0, 0.1) is 0 Å². The predicted molar refractivity (Wildman–Crippen MR) is 145 cm³/mol. The molecule has 0 aliphatic rings. The zero-order valence-electron chi connectivity index (χ0n) is 19.1. The van der Waals surface area contributed by atoms with Crippen LogP contribution in [0.2, 0.25) is 10.0 Å². The number of carbonyl (C=O) groups excluding carboxylic acids is 2. The van der Waals surface area contributed by atoms with E-state index in [0.717, 1.165) is 15.7 Å². The monoisotopic (exact) mass is 595 g/mol. The Hall–Kier alpha value is -2.33. The number of rotatable bonds is 10. The number of anilines is 1. The molecule has 11 heteroatoms. The maximum absolute atomic E-state index is 12.6. The molecule has 0 saturated heterocycles. The summed E-state index contributed by atoms with van der Waals surface area (Å²) < 4.78 is 2.76. The van der Waals surface area contributed by atoms with Crippen LogP contribution in [0.25, 0.3) is 0 Å². The molecule has 7 nitrogen and oxygen atoms in total. The summed E-state index contributed by atoms with van der Waals surface area (Å²) in [5.41, 5.74) is 2.14. The molecule has 2 aromatic carbocycles. The van der Waals surface area contributed by atoms with Gasteiger partial charge in [-0.3, -0.25) is 9.59 Å². The lowest BCUT2D eigenvalue weighted by Crippen LogP contribution is -2.25. The minimum atomic E-state index is -0.358. The van der Waals surface area contributed by atoms with Gasteiger partial charge < -0.3 is 15.2 Å². The van der Waals surface area contributed by atoms with E-state index in [-0.39, 0.29) is 35.1 Å². The highest BCUT2D eigenvalue weighted by Gasteiger charge is 2.17. The van der Waals surface area contributed by atoms with Crippen molar-refractivity contribution in [1.82, 2.24) is 20.1 Å². The van der Waals surface area contributed by atoms with Crippen molar-refractivity contribution in [3.63, 3.8) is 0 Å². The fourth-order valence-electron chi connectivity index (χ4n) is 3.24. The number of thioether (sulfide) groups is 1. The van der Waals surface area contributed by atoms with Gasteiger partial charge in [0, 0.05) is 21.7 Å². The molecule has 0 spiro atoms. The summed E-state index contributed by atoms with van der Waals surface area (Å²) in [6.45, 7) is 8.48. The number of nitrogens with one attached hydrogen (secondary N) is 2. The molecule has 3 aromatic rings. The topological polar surface area (TPSA) is 88.9 Å². The Morgan fingerprint density at radius 1 is 1.20 bits per heavy atom. The number of allylic oxidation sites excluding steroid dienone is 1. The number of carbonyl (C=O) groups is 2. The lowest BCUT2D eigenvalue weighted by atomic mass is 10.0. The SMILES string of the molecule is C=CCn1c(CNC(=O)c2ccc(Cl)cc2Cl)nnc1SCC(=O)Nc1ccc(Br)cc1C(C)C. The van der Waals surface area contributed by atoms with Crippen molar-refractivity contribution in [2.24, 2.45) is 0 Å². The van der Waals surface area contributed by atoms with Gasteiger partial charge in [-0.2, -0.15) is 0 Å². The van der Waals surface area contributed by atoms with Crippen molar-refractivity contribution < 1.29 is 9.59 Å². The van der Waals surface area contributed by atoms with Gasteiger partial charge >= 0.3 is 0 Å². The third kappa shape index (κ3) is 7.33. The molecule has 35 heavy (non-hydrogen) atoms. The van der Waals surface area contributed by atoms with Crippen molar-refractivity contribution in [1.29, 1.82) is 0 Å². The average molecular weight is 597 g/mol. The third-order valence-corrected chi connectivity index (χ3v) is 6.94. The number of nitrogens with zero attached hydrogens (tertiary/aromatic N) is 3. The van der Waals surface area contributed by atoms with E-state index >= 15 is 0 Å². The maximum Gasteiger partial charge on any atom is 0.253 e. The Labute approximate surface area is 226 Å². The van der Waals surface area contributed by atoms with Gasteiger partial charge in [0.2, 0.25) is 5.91 Å². The first-order chi connectivity index (χ1) is 16.7. The van der Waals surface area contributed by atoms with Crippen LogP contribution in [0.3, 0.4) is 0 Å². The first kappa shape index (κ1) is 27.3. The van der Waals surface area contributed by atoms with Crippen LogP contribution >= 0.6 is 50.9 Å². The number of aromatic nitrogens is 3. The molecule has 0 aliphatic carbocycles. The molecule has 0 fully saturated rings. The summed E-state index contributed by atoms with van der Waals surface area (Å²) in [5, 5.41) is 15.4. The minimum absolute atomic E-state index is 0.127. The van der Waals surface area contributed by atoms with Crippen LogP contribution in [-0.4, -0.2) is 32.3 Å². The number of halogens is 3. The molecular formula is C24H24BrCl2N5O2S. The molecule has 1 aromatic heterocycles. The second kappa shape index (κ2) is 12.6. The first-order valence-electron chi connectivity index (χ1n) is 10.7. The first-order valence-corrected chi connectivity index (χ1v) is 13.2. The summed E-state index contributed by atoms with van der Waals surface area (Å²) in [7, 11) is 0. The van der Waals surface area contributed by atoms with E-state index in [1.54, 1.807) is 22.8 Å². The highest BCUT2D eigenvalue weighted by atomic mass is 79.9. The fourth-order valence-corrected chi connectivity index (χ4v) is 4.88. The molecule has 1 heterocycles. The van der Waals surface area contributed by atoms with Crippen molar-refractivity contribution in [2.75, 3.05) is 11.1 Å². The van der Waals surface area contributed by atoms with E-state index in [4.69, 9.17) is 23.2 Å². The zero-order chi connectivity index (χ0) is 25.5. The number of benzene rings is 2. The quantitative estimate of drug-likeness (QED) is 0.211. The van der Waals surface area contributed by atoms with E-state index < -0.39 is 0 Å². The second-order valence-corrected chi connectivity index (χ2v) is 10.5. The van der Waals surface area contributed by atoms with E-state index in [9.17, 15) is 9.59 Å². The number of hydrogen-bond donors (Lipinski definition) is 2. The van der Waals surface area contributed by atoms with Crippen molar-refractivity contribution in [3.05, 3.63) is 80.5 Å². The van der Waals surface area contributed by atoms with Crippen LogP contribution in [0.15, 0.2) is 58.7 Å². The molecule has 0 unspecified atom stereocenters. The Morgan fingerprint density at radius 2 is 1.97 bits per heavy atom. The van der Waals surface area contributed by atoms with Gasteiger partial charge in [0.05, 0.1) is 22.9 Å². The van der Waals surface area contributed by atoms with Gasteiger partial charge in [0.1, 0.15) is 0 Å². The highest BCUT2D eigenvalue weighted by molar-refractivity contribution is 9.10. The second-order valence-electron chi connectivity index (χ2n) is 7.83. The van der Waals surface area contributed by atoms with Crippen LogP contribution < -0.4 is 10.6 Å². The van der Waals surface area contributed by atoms with Gasteiger partial charge in [0.25, 0.3) is 5.91 Å². The summed E-state index contributed by atoms with van der Waals surface area (Å²) in [5.74, 6) is 0.423. The van der Waals surface area contributed by atoms with Crippen LogP contribution in [-0.2, 0) is 17.9 Å². The van der Waals surface area contributed by atoms with E-state index in [0.29, 0.717) is 28.1 Å². The Bertz CT molecular complexity index is 1250. The molecule has 2 amide bonds. The lowest BCUT2D eigenvalue weighted by Gasteiger charge is -2.14. The summed E-state index contributed by atoms with van der Waals surface area (Å²) in [6.07, 6.45) is 1.70. The Balaban J connectivity index is 1.65. The Morgan fingerprint density at radius 3 is 2.66 bits per heavy atom. The third-order valence-electron chi connectivity index (χ3n) is 4.93. The van der Waals surface area contributed by atoms with E-state index in [2.05, 4.69) is 57.2 Å². The van der Waals surface area contributed by atoms with Gasteiger partial charge in [-0.1, -0.05) is 70.8 Å². The van der Waals surface area contributed by atoms with Crippen molar-refractivity contribution in [2.45, 2.75) is 38.0 Å². The predicted octanol–water partition coefficient (Wildman–Crippen LogP) is 6.32. The summed E-state index contributed by atoms with van der Waals surface area (Å²) in [4.78, 5) is 25.2. The van der Waals surface area contributed by atoms with Gasteiger partial charge in [-0.25, -0.2) is 0 Å². The van der Waals surface area contributed by atoms with Gasteiger partial charge in [-0.15, -0.1) is 16.8 Å². The smallest absolute Gasteiger partial charge is 0.253 e. The molecular weight excluding hydrogens is 573 g/mol. The van der Waals surface area contributed by atoms with Crippen molar-refractivity contribution in [3.8, 4) is 0 Å². The van der Waals surface area contributed by atoms with Crippen molar-refractivity contribution >= 4 is 68.4 Å². The fraction of sp³-hybridized carbons (Fsp3) is 0.250.